The number of methoxy groups -OCH3 is 1. The summed E-state index contributed by atoms with van der Waals surface area (Å²) in [5, 5.41) is 0. The van der Waals surface area contributed by atoms with Crippen LogP contribution in [-0.4, -0.2) is 32.3 Å². The molecule has 0 unspecified atom stereocenters. The van der Waals surface area contributed by atoms with Gasteiger partial charge in [0, 0.05) is 19.1 Å². The predicted octanol–water partition coefficient (Wildman–Crippen LogP) is 1.35. The third-order valence-electron chi connectivity index (χ3n) is 3.10. The lowest BCUT2D eigenvalue weighted by Crippen LogP contribution is -2.30. The quantitative estimate of drug-likeness (QED) is 0.478. The van der Waals surface area contributed by atoms with Crippen LogP contribution in [0.1, 0.15) is 33.6 Å². The van der Waals surface area contributed by atoms with E-state index in [9.17, 15) is 9.59 Å². The molecule has 0 aliphatic carbocycles. The molecule has 1 heterocycles. The van der Waals surface area contributed by atoms with Gasteiger partial charge in [0.1, 0.15) is 0 Å². The highest BCUT2D eigenvalue weighted by molar-refractivity contribution is 5.91. The minimum atomic E-state index is -0.730. The van der Waals surface area contributed by atoms with Crippen molar-refractivity contribution in [1.82, 2.24) is 0 Å². The van der Waals surface area contributed by atoms with E-state index in [1.807, 2.05) is 0 Å². The molecular formula is C14H23NO5. The monoisotopic (exact) mass is 285 g/mol. The molecule has 6 nitrogen and oxygen atoms in total. The number of hydrogen-bond donors (Lipinski definition) is 1. The molecule has 1 saturated heterocycles. The number of allylic oxidation sites excluding steroid dienone is 1. The molecule has 1 fully saturated rings. The number of carbonyl (C=O) groups is 2. The van der Waals surface area contributed by atoms with E-state index in [1.54, 1.807) is 20.8 Å². The summed E-state index contributed by atoms with van der Waals surface area (Å²) in [6.45, 7) is 6.26. The highest BCUT2D eigenvalue weighted by atomic mass is 16.6. The molecule has 1 rings (SSSR count). The van der Waals surface area contributed by atoms with Crippen LogP contribution >= 0.6 is 0 Å². The lowest BCUT2D eigenvalue weighted by Gasteiger charge is -2.24. The Morgan fingerprint density at radius 3 is 2.20 bits per heavy atom. The van der Waals surface area contributed by atoms with Gasteiger partial charge in [-0.15, -0.1) is 0 Å². The number of ether oxygens (including phenoxy) is 3. The maximum absolute atomic E-state index is 11.9. The van der Waals surface area contributed by atoms with E-state index in [0.29, 0.717) is 26.1 Å². The van der Waals surface area contributed by atoms with Crippen molar-refractivity contribution in [1.29, 1.82) is 0 Å². The zero-order chi connectivity index (χ0) is 15.3. The molecule has 2 N–H and O–H groups in total. The number of nitrogens with two attached hydrogens (primary N) is 1. The van der Waals surface area contributed by atoms with Crippen LogP contribution in [0.3, 0.4) is 0 Å². The average Bonchev–Trinajstić information content (AvgIpc) is 2.42. The minimum absolute atomic E-state index is 0.0365. The fourth-order valence-corrected chi connectivity index (χ4v) is 1.75. The van der Waals surface area contributed by atoms with Crippen molar-refractivity contribution >= 4 is 11.9 Å². The second-order valence-corrected chi connectivity index (χ2v) is 5.80. The first-order chi connectivity index (χ1) is 9.27. The van der Waals surface area contributed by atoms with Crippen LogP contribution in [0.25, 0.3) is 0 Å². The van der Waals surface area contributed by atoms with Gasteiger partial charge in [0.2, 0.25) is 5.76 Å². The van der Waals surface area contributed by atoms with Crippen molar-refractivity contribution in [3.63, 3.8) is 0 Å². The van der Waals surface area contributed by atoms with Gasteiger partial charge in [-0.1, -0.05) is 0 Å². The molecule has 0 aromatic rings. The Labute approximate surface area is 119 Å². The summed E-state index contributed by atoms with van der Waals surface area (Å²) in [5.41, 5.74) is 5.54. The molecule has 0 spiro atoms. The topological polar surface area (TPSA) is 87.9 Å². The van der Waals surface area contributed by atoms with Crippen molar-refractivity contribution in [3.05, 3.63) is 11.5 Å². The molecule has 0 bridgehead atoms. The zero-order valence-corrected chi connectivity index (χ0v) is 12.5. The smallest absolute Gasteiger partial charge is 0.375 e. The summed E-state index contributed by atoms with van der Waals surface area (Å²) in [7, 11) is 1.23. The van der Waals surface area contributed by atoms with Crippen LogP contribution in [0.15, 0.2) is 11.5 Å². The summed E-state index contributed by atoms with van der Waals surface area (Å²) in [4.78, 5) is 23.7. The van der Waals surface area contributed by atoms with Gasteiger partial charge in [0.15, 0.2) is 0 Å². The number of esters is 2. The highest BCUT2D eigenvalue weighted by Gasteiger charge is 2.31. The molecule has 0 aromatic carbocycles. The van der Waals surface area contributed by atoms with Crippen LogP contribution in [0, 0.1) is 11.3 Å². The molecule has 20 heavy (non-hydrogen) atoms. The van der Waals surface area contributed by atoms with Crippen LogP contribution in [0.4, 0.5) is 0 Å². The summed E-state index contributed by atoms with van der Waals surface area (Å²) in [6.07, 6.45) is 1.39. The van der Waals surface area contributed by atoms with Gasteiger partial charge in [0.05, 0.1) is 18.2 Å². The van der Waals surface area contributed by atoms with Crippen molar-refractivity contribution in [3.8, 4) is 0 Å². The zero-order valence-electron chi connectivity index (χ0n) is 12.5. The molecular weight excluding hydrogens is 262 g/mol. The van der Waals surface area contributed by atoms with E-state index in [1.165, 1.54) is 7.11 Å². The number of hydrogen-bond acceptors (Lipinski definition) is 6. The highest BCUT2D eigenvalue weighted by Crippen LogP contribution is 2.25. The molecule has 114 valence electrons. The van der Waals surface area contributed by atoms with Crippen molar-refractivity contribution in [2.75, 3.05) is 20.3 Å². The maximum Gasteiger partial charge on any atom is 0.375 e. The van der Waals surface area contributed by atoms with Gasteiger partial charge in [0.25, 0.3) is 0 Å². The Hall–Kier alpha value is -1.56. The number of rotatable bonds is 3. The van der Waals surface area contributed by atoms with Crippen LogP contribution in [-0.2, 0) is 23.8 Å². The average molecular weight is 285 g/mol. The van der Waals surface area contributed by atoms with E-state index < -0.39 is 17.4 Å². The van der Waals surface area contributed by atoms with Gasteiger partial charge in [-0.25, -0.2) is 4.79 Å². The molecule has 0 aromatic heterocycles. The maximum atomic E-state index is 11.9. The van der Waals surface area contributed by atoms with Gasteiger partial charge in [-0.2, -0.15) is 0 Å². The van der Waals surface area contributed by atoms with Crippen LogP contribution < -0.4 is 5.73 Å². The summed E-state index contributed by atoms with van der Waals surface area (Å²) >= 11 is 0. The summed E-state index contributed by atoms with van der Waals surface area (Å²) in [5.74, 6) is -1.48. The first-order valence-electron chi connectivity index (χ1n) is 6.65. The van der Waals surface area contributed by atoms with Gasteiger partial charge < -0.3 is 19.9 Å². The lowest BCUT2D eigenvalue weighted by molar-refractivity contribution is -0.155. The standard InChI is InChI=1S/C14H23NO5/c1-14(2,3)13(17)20-11(12(16)18-4)10(15)9-5-7-19-8-6-9/h9H,5-8,15H2,1-4H3. The van der Waals surface area contributed by atoms with Crippen molar-refractivity contribution in [2.45, 2.75) is 33.6 Å². The predicted molar refractivity (Wildman–Crippen MR) is 72.3 cm³/mol. The second kappa shape index (κ2) is 6.74. The molecule has 0 atom stereocenters. The summed E-state index contributed by atoms with van der Waals surface area (Å²) < 4.78 is 15.1. The van der Waals surface area contributed by atoms with Crippen molar-refractivity contribution < 1.29 is 23.8 Å². The van der Waals surface area contributed by atoms with E-state index >= 15 is 0 Å². The normalized spacial score (nSPS) is 18.2. The summed E-state index contributed by atoms with van der Waals surface area (Å²) in [6, 6.07) is 0. The molecule has 6 heteroatoms. The first kappa shape index (κ1) is 16.5. The molecule has 0 amide bonds. The van der Waals surface area contributed by atoms with Gasteiger partial charge >= 0.3 is 11.9 Å². The SMILES string of the molecule is COC(=O)C(OC(=O)C(C)(C)C)=C(N)C1CCOCC1. The Balaban J connectivity index is 2.98. The Bertz CT molecular complexity index is 402. The van der Waals surface area contributed by atoms with Crippen LogP contribution in [0.2, 0.25) is 0 Å². The van der Waals surface area contributed by atoms with E-state index in [2.05, 4.69) is 4.74 Å². The van der Waals surface area contributed by atoms with Gasteiger partial charge in [-0.3, -0.25) is 4.79 Å². The van der Waals surface area contributed by atoms with Crippen molar-refractivity contribution in [2.24, 2.45) is 17.1 Å². The lowest BCUT2D eigenvalue weighted by atomic mass is 9.95. The largest absolute Gasteiger partial charge is 0.463 e. The molecule has 0 saturated carbocycles. The Morgan fingerprint density at radius 1 is 1.20 bits per heavy atom. The molecule has 1 aliphatic rings. The fourth-order valence-electron chi connectivity index (χ4n) is 1.75. The Kier molecular flexibility index (Phi) is 5.56. The van der Waals surface area contributed by atoms with E-state index in [0.717, 1.165) is 0 Å². The third-order valence-corrected chi connectivity index (χ3v) is 3.10. The van der Waals surface area contributed by atoms with E-state index in [-0.39, 0.29) is 17.4 Å². The van der Waals surface area contributed by atoms with Crippen LogP contribution in [0.5, 0.6) is 0 Å². The number of carbonyl (C=O) groups excluding carboxylic acids is 2. The minimum Gasteiger partial charge on any atom is -0.463 e. The molecule has 1 aliphatic heterocycles. The first-order valence-corrected chi connectivity index (χ1v) is 6.65. The fraction of sp³-hybridized carbons (Fsp3) is 0.714. The van der Waals surface area contributed by atoms with E-state index in [4.69, 9.17) is 15.2 Å². The third kappa shape index (κ3) is 4.23. The Morgan fingerprint density at radius 2 is 1.75 bits per heavy atom. The van der Waals surface area contributed by atoms with Gasteiger partial charge in [-0.05, 0) is 33.6 Å². The molecule has 0 radical (unpaired) electrons. The second-order valence-electron chi connectivity index (χ2n) is 5.80.